The second-order valence-corrected chi connectivity index (χ2v) is 4.36. The van der Waals surface area contributed by atoms with Gasteiger partial charge >= 0.3 is 0 Å². The summed E-state index contributed by atoms with van der Waals surface area (Å²) in [7, 11) is 0. The number of aliphatic imine (C=N–C) groups is 1. The number of fused-ring (bicyclic) bond motifs is 3. The molecule has 4 heteroatoms. The van der Waals surface area contributed by atoms with Crippen molar-refractivity contribution < 1.29 is 4.74 Å². The molecule has 0 aliphatic carbocycles. The van der Waals surface area contributed by atoms with Gasteiger partial charge in [0.15, 0.2) is 0 Å². The third kappa shape index (κ3) is 0.981. The average molecular weight is 181 g/mol. The fraction of sp³-hybridized carbons (Fsp3) is 0.889. The smallest absolute Gasteiger partial charge is 0.282 e. The number of nitrogens with zero attached hydrogens (tertiary/aromatic N) is 2. The molecule has 2 N–H and O–H groups in total. The lowest BCUT2D eigenvalue weighted by molar-refractivity contribution is -0.00801. The standard InChI is InChI=1S/C9H15N3O/c10-8-11-6-9(13-8)2-4-12-3-1-7(9)5-12/h7H,1-6H2,(H2,10,11). The van der Waals surface area contributed by atoms with Crippen LogP contribution in [0.5, 0.6) is 0 Å². The van der Waals surface area contributed by atoms with E-state index in [9.17, 15) is 0 Å². The summed E-state index contributed by atoms with van der Waals surface area (Å²) in [5.74, 6) is 0.658. The van der Waals surface area contributed by atoms with Crippen LogP contribution in [-0.2, 0) is 4.74 Å². The molecule has 3 heterocycles. The SMILES string of the molecule is NC1=NCC2(CCN3CCC2C3)O1. The Morgan fingerprint density at radius 3 is 3.23 bits per heavy atom. The maximum absolute atomic E-state index is 5.72. The lowest BCUT2D eigenvalue weighted by Crippen LogP contribution is -2.49. The molecular formula is C9H15N3O. The van der Waals surface area contributed by atoms with E-state index in [1.54, 1.807) is 0 Å². The van der Waals surface area contributed by atoms with Crippen LogP contribution >= 0.6 is 0 Å². The Balaban J connectivity index is 1.84. The largest absolute Gasteiger partial charge is 0.456 e. The van der Waals surface area contributed by atoms with Gasteiger partial charge in [-0.2, -0.15) is 0 Å². The van der Waals surface area contributed by atoms with Crippen LogP contribution in [-0.4, -0.2) is 42.7 Å². The highest BCUT2D eigenvalue weighted by Crippen LogP contribution is 2.40. The van der Waals surface area contributed by atoms with Gasteiger partial charge in [0.05, 0.1) is 6.54 Å². The van der Waals surface area contributed by atoms with E-state index in [4.69, 9.17) is 10.5 Å². The van der Waals surface area contributed by atoms with Crippen LogP contribution in [0.1, 0.15) is 12.8 Å². The number of rotatable bonds is 0. The number of ether oxygens (including phenoxy) is 1. The molecule has 13 heavy (non-hydrogen) atoms. The zero-order valence-corrected chi connectivity index (χ0v) is 7.70. The van der Waals surface area contributed by atoms with E-state index in [1.165, 1.54) is 19.5 Å². The lowest BCUT2D eigenvalue weighted by atomic mass is 9.82. The molecule has 0 amide bonds. The summed E-state index contributed by atoms with van der Waals surface area (Å²) in [6.07, 6.45) is 2.35. The summed E-state index contributed by atoms with van der Waals surface area (Å²) in [4.78, 5) is 6.69. The minimum absolute atomic E-state index is 0.0168. The second-order valence-electron chi connectivity index (χ2n) is 4.36. The van der Waals surface area contributed by atoms with Crippen LogP contribution in [0.3, 0.4) is 0 Å². The van der Waals surface area contributed by atoms with Crippen LogP contribution in [0, 0.1) is 5.92 Å². The maximum Gasteiger partial charge on any atom is 0.282 e. The van der Waals surface area contributed by atoms with Crippen molar-refractivity contribution in [2.45, 2.75) is 18.4 Å². The second kappa shape index (κ2) is 2.38. The Bertz CT molecular complexity index is 266. The molecule has 3 aliphatic heterocycles. The molecule has 3 rings (SSSR count). The van der Waals surface area contributed by atoms with Crippen molar-refractivity contribution >= 4 is 6.02 Å². The van der Waals surface area contributed by atoms with Gasteiger partial charge in [0.25, 0.3) is 6.02 Å². The first-order chi connectivity index (χ1) is 6.28. The zero-order chi connectivity index (χ0) is 8.89. The Hall–Kier alpha value is -0.770. The molecule has 72 valence electrons. The molecule has 1 spiro atoms. The average Bonchev–Trinajstić information content (AvgIpc) is 2.66. The monoisotopic (exact) mass is 181 g/mol. The molecule has 2 saturated heterocycles. The topological polar surface area (TPSA) is 50.8 Å². The molecule has 2 fully saturated rings. The number of hydrogen-bond donors (Lipinski definition) is 1. The first kappa shape index (κ1) is 7.62. The van der Waals surface area contributed by atoms with E-state index in [0.29, 0.717) is 11.9 Å². The minimum Gasteiger partial charge on any atom is -0.456 e. The molecule has 0 aromatic rings. The number of piperidine rings is 1. The van der Waals surface area contributed by atoms with Crippen molar-refractivity contribution in [3.63, 3.8) is 0 Å². The molecular weight excluding hydrogens is 166 g/mol. The molecule has 3 atom stereocenters. The molecule has 3 unspecified atom stereocenters. The lowest BCUT2D eigenvalue weighted by Gasteiger charge is -2.38. The molecule has 0 saturated carbocycles. The van der Waals surface area contributed by atoms with E-state index >= 15 is 0 Å². The van der Waals surface area contributed by atoms with Gasteiger partial charge in [0.2, 0.25) is 0 Å². The summed E-state index contributed by atoms with van der Waals surface area (Å²) in [5, 5.41) is 0. The third-order valence-electron chi connectivity index (χ3n) is 3.68. The summed E-state index contributed by atoms with van der Waals surface area (Å²) < 4.78 is 5.72. The van der Waals surface area contributed by atoms with Gasteiger partial charge in [-0.15, -0.1) is 0 Å². The van der Waals surface area contributed by atoms with E-state index in [0.717, 1.165) is 19.5 Å². The van der Waals surface area contributed by atoms with Gasteiger partial charge in [-0.05, 0) is 13.0 Å². The number of amidine groups is 1. The van der Waals surface area contributed by atoms with Gasteiger partial charge in [-0.25, -0.2) is 4.99 Å². The highest BCUT2D eigenvalue weighted by atomic mass is 16.5. The number of nitrogens with two attached hydrogens (primary N) is 1. The van der Waals surface area contributed by atoms with Crippen molar-refractivity contribution in [2.24, 2.45) is 16.6 Å². The van der Waals surface area contributed by atoms with Crippen LogP contribution in [0.25, 0.3) is 0 Å². The van der Waals surface area contributed by atoms with Crippen molar-refractivity contribution in [1.29, 1.82) is 0 Å². The molecule has 0 aromatic carbocycles. The summed E-state index contributed by atoms with van der Waals surface area (Å²) in [5.41, 5.74) is 5.57. The van der Waals surface area contributed by atoms with Crippen LogP contribution in [0.4, 0.5) is 0 Å². The van der Waals surface area contributed by atoms with E-state index < -0.39 is 0 Å². The third-order valence-corrected chi connectivity index (χ3v) is 3.68. The number of hydrogen-bond acceptors (Lipinski definition) is 4. The van der Waals surface area contributed by atoms with E-state index in [2.05, 4.69) is 9.89 Å². The van der Waals surface area contributed by atoms with Crippen LogP contribution < -0.4 is 5.73 Å². The quantitative estimate of drug-likeness (QED) is 0.563. The Labute approximate surface area is 77.7 Å². The van der Waals surface area contributed by atoms with Crippen molar-refractivity contribution in [2.75, 3.05) is 26.2 Å². The highest BCUT2D eigenvalue weighted by Gasteiger charge is 2.50. The highest BCUT2D eigenvalue weighted by molar-refractivity contribution is 5.73. The fourth-order valence-electron chi connectivity index (χ4n) is 2.84. The molecule has 0 aromatic heterocycles. The van der Waals surface area contributed by atoms with Gasteiger partial charge in [0.1, 0.15) is 5.60 Å². The van der Waals surface area contributed by atoms with Crippen LogP contribution in [0.2, 0.25) is 0 Å². The fourth-order valence-corrected chi connectivity index (χ4v) is 2.84. The van der Waals surface area contributed by atoms with Gasteiger partial charge < -0.3 is 15.4 Å². The molecule has 0 radical (unpaired) electrons. The van der Waals surface area contributed by atoms with Gasteiger partial charge in [-0.1, -0.05) is 0 Å². The van der Waals surface area contributed by atoms with Crippen LogP contribution in [0.15, 0.2) is 4.99 Å². The molecule has 2 bridgehead atoms. The maximum atomic E-state index is 5.72. The Morgan fingerprint density at radius 1 is 1.54 bits per heavy atom. The Morgan fingerprint density at radius 2 is 2.46 bits per heavy atom. The predicted molar refractivity (Wildman–Crippen MR) is 49.5 cm³/mol. The van der Waals surface area contributed by atoms with Crippen molar-refractivity contribution in [3.8, 4) is 0 Å². The predicted octanol–water partition coefficient (Wildman–Crippen LogP) is -0.204. The summed E-state index contributed by atoms with van der Waals surface area (Å²) >= 11 is 0. The van der Waals surface area contributed by atoms with Crippen molar-refractivity contribution in [1.82, 2.24) is 4.90 Å². The first-order valence-corrected chi connectivity index (χ1v) is 5.00. The van der Waals surface area contributed by atoms with Crippen molar-refractivity contribution in [3.05, 3.63) is 0 Å². The normalized spacial score (nSPS) is 47.8. The zero-order valence-electron chi connectivity index (χ0n) is 7.70. The van der Waals surface area contributed by atoms with Gasteiger partial charge in [0, 0.05) is 25.4 Å². The van der Waals surface area contributed by atoms with E-state index in [1.807, 2.05) is 0 Å². The Kier molecular flexibility index (Phi) is 1.39. The first-order valence-electron chi connectivity index (χ1n) is 5.00. The van der Waals surface area contributed by atoms with Gasteiger partial charge in [-0.3, -0.25) is 0 Å². The summed E-state index contributed by atoms with van der Waals surface area (Å²) in [6.45, 7) is 4.36. The van der Waals surface area contributed by atoms with E-state index in [-0.39, 0.29) is 5.60 Å². The molecule has 3 aliphatic rings. The minimum atomic E-state index is -0.0168. The molecule has 4 nitrogen and oxygen atoms in total. The summed E-state index contributed by atoms with van der Waals surface area (Å²) in [6, 6.07) is 0.403.